The van der Waals surface area contributed by atoms with Crippen molar-refractivity contribution >= 4 is 23.1 Å². The molecule has 3 nitrogen and oxygen atoms in total. The second-order valence-corrected chi connectivity index (χ2v) is 4.18. The predicted octanol–water partition coefficient (Wildman–Crippen LogP) is 2.58. The molecule has 1 aromatic carbocycles. The summed E-state index contributed by atoms with van der Waals surface area (Å²) in [7, 11) is 0. The van der Waals surface area contributed by atoms with Gasteiger partial charge in [0.15, 0.2) is 0 Å². The molecule has 0 amide bonds. The number of hydrogen-bond donors (Lipinski definition) is 1. The molecule has 0 fully saturated rings. The predicted molar refractivity (Wildman–Crippen MR) is 63.4 cm³/mol. The quantitative estimate of drug-likeness (QED) is 0.805. The Hall–Kier alpha value is -1.42. The summed E-state index contributed by atoms with van der Waals surface area (Å²) < 4.78 is 13.6. The smallest absolute Gasteiger partial charge is 0.133 e. The zero-order chi connectivity index (χ0) is 11.7. The SMILES string of the molecule is CC1CC(c2c(F)cccc2Cl)=NN=C1N. The Morgan fingerprint density at radius 1 is 1.44 bits per heavy atom. The lowest BCUT2D eigenvalue weighted by atomic mass is 9.97. The Morgan fingerprint density at radius 3 is 2.81 bits per heavy atom. The molecule has 0 aromatic heterocycles. The van der Waals surface area contributed by atoms with Crippen LogP contribution < -0.4 is 5.73 Å². The fraction of sp³-hybridized carbons (Fsp3) is 0.273. The Balaban J connectivity index is 2.47. The van der Waals surface area contributed by atoms with Crippen LogP contribution >= 0.6 is 11.6 Å². The van der Waals surface area contributed by atoms with Crippen LogP contribution in [0.1, 0.15) is 18.9 Å². The van der Waals surface area contributed by atoms with Gasteiger partial charge in [-0.15, -0.1) is 5.10 Å². The minimum absolute atomic E-state index is 0.0585. The van der Waals surface area contributed by atoms with E-state index in [-0.39, 0.29) is 11.7 Å². The molecular formula is C11H11ClFN3. The maximum absolute atomic E-state index is 13.6. The van der Waals surface area contributed by atoms with E-state index in [4.69, 9.17) is 17.3 Å². The van der Waals surface area contributed by atoms with Gasteiger partial charge in [-0.05, 0) is 12.1 Å². The molecule has 0 saturated carbocycles. The first-order valence-corrected chi connectivity index (χ1v) is 5.31. The zero-order valence-electron chi connectivity index (χ0n) is 8.74. The number of rotatable bonds is 1. The Labute approximate surface area is 97.8 Å². The van der Waals surface area contributed by atoms with Crippen LogP contribution in [0.4, 0.5) is 4.39 Å². The Bertz CT molecular complexity index is 462. The lowest BCUT2D eigenvalue weighted by Crippen LogP contribution is -2.27. The third kappa shape index (κ3) is 1.93. The molecule has 2 N–H and O–H groups in total. The van der Waals surface area contributed by atoms with Gasteiger partial charge in [-0.1, -0.05) is 24.6 Å². The van der Waals surface area contributed by atoms with Crippen molar-refractivity contribution in [3.63, 3.8) is 0 Å². The van der Waals surface area contributed by atoms with E-state index < -0.39 is 0 Å². The number of amidine groups is 1. The van der Waals surface area contributed by atoms with Crippen LogP contribution in [0.25, 0.3) is 0 Å². The van der Waals surface area contributed by atoms with Crippen LogP contribution in [0.3, 0.4) is 0 Å². The molecular weight excluding hydrogens is 229 g/mol. The maximum Gasteiger partial charge on any atom is 0.133 e. The molecule has 2 rings (SSSR count). The molecule has 1 unspecified atom stereocenters. The average Bonchev–Trinajstić information content (AvgIpc) is 2.23. The lowest BCUT2D eigenvalue weighted by Gasteiger charge is -2.17. The van der Waals surface area contributed by atoms with Crippen LogP contribution in [0.15, 0.2) is 28.4 Å². The van der Waals surface area contributed by atoms with E-state index in [0.717, 1.165) is 0 Å². The summed E-state index contributed by atoms with van der Waals surface area (Å²) in [5.41, 5.74) is 6.48. The first-order chi connectivity index (χ1) is 7.59. The van der Waals surface area contributed by atoms with Crippen LogP contribution in [0.5, 0.6) is 0 Å². The standard InChI is InChI=1S/C11H11ClFN3/c1-6-5-9(15-16-11(6)14)10-7(12)3-2-4-8(10)13/h2-4,6H,5H2,1H3,(H2,14,16). The minimum Gasteiger partial charge on any atom is -0.385 e. The van der Waals surface area contributed by atoms with Crippen LogP contribution in [-0.4, -0.2) is 11.5 Å². The Kier molecular flexibility index (Phi) is 2.92. The van der Waals surface area contributed by atoms with E-state index in [1.165, 1.54) is 6.07 Å². The summed E-state index contributed by atoms with van der Waals surface area (Å²) in [6.07, 6.45) is 0.552. The van der Waals surface area contributed by atoms with Crippen molar-refractivity contribution in [2.24, 2.45) is 21.9 Å². The summed E-state index contributed by atoms with van der Waals surface area (Å²) in [5.74, 6) is 0.147. The highest BCUT2D eigenvalue weighted by Gasteiger charge is 2.21. The largest absolute Gasteiger partial charge is 0.385 e. The van der Waals surface area contributed by atoms with Gasteiger partial charge >= 0.3 is 0 Å². The first-order valence-electron chi connectivity index (χ1n) is 4.94. The van der Waals surface area contributed by atoms with E-state index in [1.807, 2.05) is 6.92 Å². The van der Waals surface area contributed by atoms with Gasteiger partial charge in [-0.2, -0.15) is 5.10 Å². The molecule has 0 aliphatic carbocycles. The molecule has 16 heavy (non-hydrogen) atoms. The zero-order valence-corrected chi connectivity index (χ0v) is 9.50. The number of hydrogen-bond acceptors (Lipinski definition) is 3. The van der Waals surface area contributed by atoms with E-state index >= 15 is 0 Å². The van der Waals surface area contributed by atoms with Crippen LogP contribution in [0.2, 0.25) is 5.02 Å². The molecule has 5 heteroatoms. The average molecular weight is 240 g/mol. The fourth-order valence-electron chi connectivity index (χ4n) is 1.58. The van der Waals surface area contributed by atoms with Crippen molar-refractivity contribution in [1.82, 2.24) is 0 Å². The molecule has 1 aliphatic heterocycles. The fourth-order valence-corrected chi connectivity index (χ4v) is 1.85. The van der Waals surface area contributed by atoms with Crippen molar-refractivity contribution in [3.8, 4) is 0 Å². The van der Waals surface area contributed by atoms with E-state index in [0.29, 0.717) is 28.6 Å². The van der Waals surface area contributed by atoms with Crippen LogP contribution in [0, 0.1) is 11.7 Å². The topological polar surface area (TPSA) is 50.7 Å². The molecule has 0 spiro atoms. The van der Waals surface area contributed by atoms with Gasteiger partial charge in [-0.25, -0.2) is 4.39 Å². The molecule has 1 aromatic rings. The number of nitrogens with two attached hydrogens (primary N) is 1. The normalized spacial score (nSPS) is 20.3. The highest BCUT2D eigenvalue weighted by molar-refractivity contribution is 6.34. The summed E-state index contributed by atoms with van der Waals surface area (Å²) >= 11 is 5.95. The lowest BCUT2D eigenvalue weighted by molar-refractivity contribution is 0.623. The summed E-state index contributed by atoms with van der Waals surface area (Å²) in [5, 5.41) is 8.06. The maximum atomic E-state index is 13.6. The van der Waals surface area contributed by atoms with E-state index in [2.05, 4.69) is 10.2 Å². The van der Waals surface area contributed by atoms with Gasteiger partial charge in [0, 0.05) is 12.3 Å². The van der Waals surface area contributed by atoms with Crippen molar-refractivity contribution in [2.75, 3.05) is 0 Å². The van der Waals surface area contributed by atoms with Gasteiger partial charge < -0.3 is 5.73 Å². The summed E-state index contributed by atoms with van der Waals surface area (Å²) in [6, 6.07) is 4.55. The van der Waals surface area contributed by atoms with Crippen molar-refractivity contribution in [3.05, 3.63) is 34.6 Å². The van der Waals surface area contributed by atoms with Crippen LogP contribution in [-0.2, 0) is 0 Å². The Morgan fingerprint density at radius 2 is 2.19 bits per heavy atom. The minimum atomic E-state index is -0.380. The van der Waals surface area contributed by atoms with E-state index in [9.17, 15) is 4.39 Å². The van der Waals surface area contributed by atoms with Crippen molar-refractivity contribution in [1.29, 1.82) is 0 Å². The summed E-state index contributed by atoms with van der Waals surface area (Å²) in [6.45, 7) is 1.92. The highest BCUT2D eigenvalue weighted by atomic mass is 35.5. The molecule has 1 atom stereocenters. The monoisotopic (exact) mass is 239 g/mol. The number of nitrogens with zero attached hydrogens (tertiary/aromatic N) is 2. The number of halogens is 2. The van der Waals surface area contributed by atoms with Gasteiger partial charge in [0.25, 0.3) is 0 Å². The molecule has 0 radical (unpaired) electrons. The van der Waals surface area contributed by atoms with E-state index in [1.54, 1.807) is 12.1 Å². The van der Waals surface area contributed by atoms with Gasteiger partial charge in [0.05, 0.1) is 16.3 Å². The third-order valence-electron chi connectivity index (χ3n) is 2.54. The van der Waals surface area contributed by atoms with Gasteiger partial charge in [0.1, 0.15) is 11.7 Å². The van der Waals surface area contributed by atoms with Gasteiger partial charge in [0.2, 0.25) is 0 Å². The highest BCUT2D eigenvalue weighted by Crippen LogP contribution is 2.24. The van der Waals surface area contributed by atoms with Crippen molar-refractivity contribution in [2.45, 2.75) is 13.3 Å². The van der Waals surface area contributed by atoms with Gasteiger partial charge in [-0.3, -0.25) is 0 Å². The van der Waals surface area contributed by atoms with Crippen molar-refractivity contribution < 1.29 is 4.39 Å². The molecule has 1 heterocycles. The third-order valence-corrected chi connectivity index (χ3v) is 2.86. The number of benzene rings is 1. The summed E-state index contributed by atoms with van der Waals surface area (Å²) in [4.78, 5) is 0. The second-order valence-electron chi connectivity index (χ2n) is 3.77. The molecule has 0 bridgehead atoms. The molecule has 84 valence electrons. The molecule has 0 saturated heterocycles. The first kappa shape index (κ1) is 11.1. The molecule has 1 aliphatic rings. The second kappa shape index (κ2) is 4.22.